The standard InChI is InChI=1S/C15H11F5N2/c16-9-3-1-2-8(6-9)7-22(10-4-5-10)13-11(17)14(19)21-15(20)12(13)18/h1-3,6,10H,4-5,7H2. The minimum Gasteiger partial charge on any atom is -0.359 e. The minimum atomic E-state index is -1.70. The van der Waals surface area contributed by atoms with Gasteiger partial charge in [0.1, 0.15) is 11.5 Å². The predicted octanol–water partition coefficient (Wildman–Crippen LogP) is 3.95. The fourth-order valence-corrected chi connectivity index (χ4v) is 2.34. The zero-order valence-corrected chi connectivity index (χ0v) is 11.3. The van der Waals surface area contributed by atoms with Gasteiger partial charge in [-0.2, -0.15) is 22.5 Å². The van der Waals surface area contributed by atoms with Gasteiger partial charge in [-0.3, -0.25) is 0 Å². The number of nitrogens with zero attached hydrogens (tertiary/aromatic N) is 2. The Morgan fingerprint density at radius 2 is 1.64 bits per heavy atom. The van der Waals surface area contributed by atoms with Crippen molar-refractivity contribution in [3.8, 4) is 0 Å². The summed E-state index contributed by atoms with van der Waals surface area (Å²) in [6, 6.07) is 5.23. The summed E-state index contributed by atoms with van der Waals surface area (Å²) in [6.45, 7) is -0.0564. The Morgan fingerprint density at radius 1 is 1.00 bits per heavy atom. The molecule has 0 bridgehead atoms. The molecule has 0 unspecified atom stereocenters. The van der Waals surface area contributed by atoms with Gasteiger partial charge in [-0.05, 0) is 30.5 Å². The van der Waals surface area contributed by atoms with Crippen molar-refractivity contribution in [2.45, 2.75) is 25.4 Å². The molecular formula is C15H11F5N2. The van der Waals surface area contributed by atoms with E-state index in [0.29, 0.717) is 18.4 Å². The van der Waals surface area contributed by atoms with Crippen LogP contribution < -0.4 is 4.90 Å². The highest BCUT2D eigenvalue weighted by molar-refractivity contribution is 5.51. The Labute approximate surface area is 123 Å². The van der Waals surface area contributed by atoms with Crippen LogP contribution in [0, 0.1) is 29.3 Å². The Hall–Kier alpha value is -2.18. The van der Waals surface area contributed by atoms with Crippen molar-refractivity contribution in [3.05, 3.63) is 59.2 Å². The van der Waals surface area contributed by atoms with Crippen molar-refractivity contribution in [2.24, 2.45) is 0 Å². The van der Waals surface area contributed by atoms with Crippen LogP contribution in [0.25, 0.3) is 0 Å². The molecule has 0 radical (unpaired) electrons. The second kappa shape index (κ2) is 5.55. The maximum Gasteiger partial charge on any atom is 0.253 e. The smallest absolute Gasteiger partial charge is 0.253 e. The van der Waals surface area contributed by atoms with Gasteiger partial charge >= 0.3 is 0 Å². The topological polar surface area (TPSA) is 16.1 Å². The molecule has 1 fully saturated rings. The molecule has 3 rings (SSSR count). The normalized spacial score (nSPS) is 14.2. The molecule has 1 aliphatic rings. The van der Waals surface area contributed by atoms with Crippen LogP contribution in [-0.4, -0.2) is 11.0 Å². The third-order valence-electron chi connectivity index (χ3n) is 3.49. The van der Waals surface area contributed by atoms with E-state index >= 15 is 0 Å². The molecule has 116 valence electrons. The summed E-state index contributed by atoms with van der Waals surface area (Å²) in [5.74, 6) is -6.97. The average Bonchev–Trinajstić information content (AvgIpc) is 3.29. The Bertz CT molecular complexity index is 689. The quantitative estimate of drug-likeness (QED) is 0.627. The number of rotatable bonds is 4. The molecule has 7 heteroatoms. The van der Waals surface area contributed by atoms with E-state index in [0.717, 1.165) is 0 Å². The van der Waals surface area contributed by atoms with Gasteiger partial charge < -0.3 is 4.90 Å². The molecular weight excluding hydrogens is 303 g/mol. The van der Waals surface area contributed by atoms with Gasteiger partial charge in [-0.15, -0.1) is 0 Å². The first-order valence-electron chi connectivity index (χ1n) is 6.68. The molecule has 0 amide bonds. The number of hydrogen-bond donors (Lipinski definition) is 0. The number of anilines is 1. The number of pyridine rings is 1. The Kier molecular flexibility index (Phi) is 3.72. The van der Waals surface area contributed by atoms with Gasteiger partial charge in [0, 0.05) is 12.6 Å². The number of halogens is 5. The molecule has 0 atom stereocenters. The van der Waals surface area contributed by atoms with Gasteiger partial charge in [0.05, 0.1) is 0 Å². The lowest BCUT2D eigenvalue weighted by atomic mass is 10.2. The average molecular weight is 314 g/mol. The zero-order chi connectivity index (χ0) is 15.9. The van der Waals surface area contributed by atoms with Gasteiger partial charge in [0.15, 0.2) is 0 Å². The van der Waals surface area contributed by atoms with Gasteiger partial charge in [-0.1, -0.05) is 12.1 Å². The first-order valence-corrected chi connectivity index (χ1v) is 6.68. The van der Waals surface area contributed by atoms with E-state index in [1.54, 1.807) is 6.07 Å². The summed E-state index contributed by atoms with van der Waals surface area (Å²) in [7, 11) is 0. The van der Waals surface area contributed by atoms with Crippen molar-refractivity contribution in [1.82, 2.24) is 4.98 Å². The lowest BCUT2D eigenvalue weighted by Gasteiger charge is -2.25. The SMILES string of the molecule is Fc1cccc(CN(c2c(F)c(F)nc(F)c2F)C2CC2)c1. The zero-order valence-electron chi connectivity index (χ0n) is 11.3. The lowest BCUT2D eigenvalue weighted by molar-refractivity contribution is 0.405. The molecule has 2 nitrogen and oxygen atoms in total. The molecule has 1 aliphatic carbocycles. The number of hydrogen-bond acceptors (Lipinski definition) is 2. The first-order chi connectivity index (χ1) is 10.5. The van der Waals surface area contributed by atoms with Crippen LogP contribution >= 0.6 is 0 Å². The molecule has 22 heavy (non-hydrogen) atoms. The van der Waals surface area contributed by atoms with Crippen LogP contribution in [0.3, 0.4) is 0 Å². The van der Waals surface area contributed by atoms with Crippen LogP contribution in [0.1, 0.15) is 18.4 Å². The van der Waals surface area contributed by atoms with Crippen LogP contribution in [0.15, 0.2) is 24.3 Å². The fourth-order valence-electron chi connectivity index (χ4n) is 2.34. The molecule has 0 aliphatic heterocycles. The number of aromatic nitrogens is 1. The second-order valence-electron chi connectivity index (χ2n) is 5.16. The van der Waals surface area contributed by atoms with Crippen molar-refractivity contribution in [3.63, 3.8) is 0 Å². The van der Waals surface area contributed by atoms with Crippen LogP contribution in [0.2, 0.25) is 0 Å². The summed E-state index contributed by atoms with van der Waals surface area (Å²) < 4.78 is 67.6. The van der Waals surface area contributed by atoms with Crippen molar-refractivity contribution >= 4 is 5.69 Å². The molecule has 1 heterocycles. The van der Waals surface area contributed by atoms with Crippen LogP contribution in [0.5, 0.6) is 0 Å². The van der Waals surface area contributed by atoms with E-state index in [9.17, 15) is 22.0 Å². The summed E-state index contributed by atoms with van der Waals surface area (Å²) in [4.78, 5) is 3.76. The van der Waals surface area contributed by atoms with E-state index < -0.39 is 35.0 Å². The molecule has 2 aromatic rings. The highest BCUT2D eigenvalue weighted by Crippen LogP contribution is 2.37. The minimum absolute atomic E-state index is 0.0564. The highest BCUT2D eigenvalue weighted by atomic mass is 19.2. The van der Waals surface area contributed by atoms with E-state index in [1.807, 2.05) is 0 Å². The molecule has 0 spiro atoms. The summed E-state index contributed by atoms with van der Waals surface area (Å²) >= 11 is 0. The molecule has 0 saturated heterocycles. The number of benzene rings is 1. The Balaban J connectivity index is 2.02. The van der Waals surface area contributed by atoms with Gasteiger partial charge in [0.25, 0.3) is 11.9 Å². The van der Waals surface area contributed by atoms with E-state index in [1.165, 1.54) is 23.1 Å². The molecule has 1 aromatic heterocycles. The lowest BCUT2D eigenvalue weighted by Crippen LogP contribution is -2.28. The van der Waals surface area contributed by atoms with Crippen molar-refractivity contribution in [2.75, 3.05) is 4.90 Å². The van der Waals surface area contributed by atoms with Gasteiger partial charge in [-0.25, -0.2) is 4.39 Å². The van der Waals surface area contributed by atoms with E-state index in [-0.39, 0.29) is 12.6 Å². The van der Waals surface area contributed by atoms with Crippen molar-refractivity contribution in [1.29, 1.82) is 0 Å². The Morgan fingerprint density at radius 3 is 2.18 bits per heavy atom. The summed E-state index contributed by atoms with van der Waals surface area (Å²) in [5, 5.41) is 0. The second-order valence-corrected chi connectivity index (χ2v) is 5.16. The summed E-state index contributed by atoms with van der Waals surface area (Å²) in [6.07, 6.45) is 1.28. The maximum absolute atomic E-state index is 13.9. The highest BCUT2D eigenvalue weighted by Gasteiger charge is 2.35. The predicted molar refractivity (Wildman–Crippen MR) is 69.7 cm³/mol. The fraction of sp³-hybridized carbons (Fsp3) is 0.267. The molecule has 1 saturated carbocycles. The van der Waals surface area contributed by atoms with Crippen molar-refractivity contribution < 1.29 is 22.0 Å². The third-order valence-corrected chi connectivity index (χ3v) is 3.49. The molecule has 0 N–H and O–H groups in total. The van der Waals surface area contributed by atoms with Crippen LogP contribution in [-0.2, 0) is 6.54 Å². The summed E-state index contributed by atoms with van der Waals surface area (Å²) in [5.41, 5.74) is -0.347. The monoisotopic (exact) mass is 314 g/mol. The maximum atomic E-state index is 13.9. The van der Waals surface area contributed by atoms with E-state index in [4.69, 9.17) is 0 Å². The van der Waals surface area contributed by atoms with Crippen LogP contribution in [0.4, 0.5) is 27.6 Å². The molecule has 1 aromatic carbocycles. The largest absolute Gasteiger partial charge is 0.359 e. The van der Waals surface area contributed by atoms with Gasteiger partial charge in [0.2, 0.25) is 11.6 Å². The van der Waals surface area contributed by atoms with E-state index in [2.05, 4.69) is 4.98 Å². The first kappa shape index (κ1) is 14.7. The third kappa shape index (κ3) is 2.75.